The number of hydrogen-bond donors (Lipinski definition) is 1. The number of benzene rings is 1. The third kappa shape index (κ3) is 3.14. The number of aromatic nitrogens is 4. The second-order valence-electron chi connectivity index (χ2n) is 8.58. The van der Waals surface area contributed by atoms with Crippen LogP contribution in [0.4, 0.5) is 0 Å². The van der Waals surface area contributed by atoms with Crippen molar-refractivity contribution >= 4 is 11.6 Å². The fourth-order valence-electron chi connectivity index (χ4n) is 4.72. The van der Waals surface area contributed by atoms with Crippen molar-refractivity contribution in [3.8, 4) is 11.3 Å². The molecule has 5 rings (SSSR count). The molecule has 8 nitrogen and oxygen atoms in total. The lowest BCUT2D eigenvalue weighted by atomic mass is 9.88. The second kappa shape index (κ2) is 7.63. The number of carbonyl (C=O) groups is 1. The van der Waals surface area contributed by atoms with E-state index in [4.69, 9.17) is 9.98 Å². The zero-order chi connectivity index (χ0) is 22.6. The lowest BCUT2D eigenvalue weighted by Gasteiger charge is -2.24. The topological polar surface area (TPSA) is 96.5 Å². The first-order valence-corrected chi connectivity index (χ1v) is 10.8. The van der Waals surface area contributed by atoms with Gasteiger partial charge in [0.15, 0.2) is 0 Å². The van der Waals surface area contributed by atoms with Crippen LogP contribution in [-0.4, -0.2) is 55.0 Å². The minimum atomic E-state index is -0.0924. The largest absolute Gasteiger partial charge is 0.394 e. The molecular weight excluding hydrogens is 404 g/mol. The molecule has 3 aromatic rings. The van der Waals surface area contributed by atoms with Crippen LogP contribution in [0.25, 0.3) is 11.3 Å². The van der Waals surface area contributed by atoms with E-state index in [9.17, 15) is 9.90 Å². The number of fused-ring (bicyclic) bond motifs is 4. The summed E-state index contributed by atoms with van der Waals surface area (Å²) in [6, 6.07) is 5.94. The Labute approximate surface area is 186 Å². The van der Waals surface area contributed by atoms with Gasteiger partial charge in [0.05, 0.1) is 60.9 Å². The van der Waals surface area contributed by atoms with E-state index < -0.39 is 0 Å². The van der Waals surface area contributed by atoms with Gasteiger partial charge in [0, 0.05) is 24.1 Å². The minimum absolute atomic E-state index is 0.0441. The van der Waals surface area contributed by atoms with Crippen LogP contribution in [0.15, 0.2) is 29.4 Å². The maximum absolute atomic E-state index is 13.6. The van der Waals surface area contributed by atoms with Crippen LogP contribution in [0, 0.1) is 13.8 Å². The first kappa shape index (κ1) is 20.5. The highest BCUT2D eigenvalue weighted by atomic mass is 16.3. The zero-order valence-corrected chi connectivity index (χ0v) is 18.8. The maximum Gasteiger partial charge on any atom is 0.254 e. The smallest absolute Gasteiger partial charge is 0.254 e. The Kier molecular flexibility index (Phi) is 4.89. The fraction of sp³-hybridized carbons (Fsp3) is 0.375. The molecule has 2 bridgehead atoms. The Morgan fingerprint density at radius 3 is 2.84 bits per heavy atom. The van der Waals surface area contributed by atoms with Crippen molar-refractivity contribution in [2.24, 2.45) is 4.99 Å². The van der Waals surface area contributed by atoms with Crippen molar-refractivity contribution in [1.82, 2.24) is 24.6 Å². The predicted molar refractivity (Wildman–Crippen MR) is 121 cm³/mol. The van der Waals surface area contributed by atoms with Gasteiger partial charge in [0.1, 0.15) is 5.69 Å². The molecule has 0 aliphatic carbocycles. The molecule has 1 aromatic carbocycles. The normalized spacial score (nSPS) is 17.4. The average molecular weight is 431 g/mol. The number of carbonyl (C=O) groups excluding carboxylic acids is 1. The van der Waals surface area contributed by atoms with Gasteiger partial charge in [-0.2, -0.15) is 5.10 Å². The van der Waals surface area contributed by atoms with E-state index in [0.29, 0.717) is 30.9 Å². The first-order valence-electron chi connectivity index (χ1n) is 10.8. The molecule has 2 aliphatic heterocycles. The van der Waals surface area contributed by atoms with Crippen molar-refractivity contribution < 1.29 is 9.90 Å². The van der Waals surface area contributed by atoms with Crippen molar-refractivity contribution in [2.45, 2.75) is 46.3 Å². The Bertz CT molecular complexity index is 1280. The molecule has 0 fully saturated rings. The van der Waals surface area contributed by atoms with Gasteiger partial charge in [-0.25, -0.2) is 4.98 Å². The molecule has 2 aliphatic rings. The molecular formula is C24H26N6O2. The molecule has 0 spiro atoms. The quantitative estimate of drug-likeness (QED) is 0.674. The van der Waals surface area contributed by atoms with Crippen molar-refractivity contribution in [2.75, 3.05) is 13.7 Å². The van der Waals surface area contributed by atoms with E-state index in [0.717, 1.165) is 45.2 Å². The van der Waals surface area contributed by atoms with Gasteiger partial charge in [0.2, 0.25) is 0 Å². The molecule has 1 atom stereocenters. The number of hydrogen-bond acceptors (Lipinski definition) is 6. The molecule has 2 aromatic heterocycles. The molecule has 4 heterocycles. The molecule has 8 heteroatoms. The van der Waals surface area contributed by atoms with Crippen molar-refractivity contribution in [3.05, 3.63) is 63.9 Å². The molecule has 0 radical (unpaired) electrons. The van der Waals surface area contributed by atoms with E-state index in [-0.39, 0.29) is 18.4 Å². The molecule has 1 amide bonds. The Hall–Kier alpha value is -3.39. The molecule has 32 heavy (non-hydrogen) atoms. The van der Waals surface area contributed by atoms with Crippen LogP contribution in [-0.2, 0) is 19.6 Å². The summed E-state index contributed by atoms with van der Waals surface area (Å²) >= 11 is 0. The van der Waals surface area contributed by atoms with E-state index in [2.05, 4.69) is 23.1 Å². The number of aliphatic hydroxyl groups is 1. The van der Waals surface area contributed by atoms with Crippen LogP contribution >= 0.6 is 0 Å². The Morgan fingerprint density at radius 1 is 1.25 bits per heavy atom. The van der Waals surface area contributed by atoms with E-state index in [1.165, 1.54) is 0 Å². The summed E-state index contributed by atoms with van der Waals surface area (Å²) in [6.07, 6.45) is 1.77. The van der Waals surface area contributed by atoms with Gasteiger partial charge in [-0.1, -0.05) is 24.6 Å². The van der Waals surface area contributed by atoms with Gasteiger partial charge in [-0.3, -0.25) is 19.5 Å². The lowest BCUT2D eigenvalue weighted by molar-refractivity contribution is 0.0780. The molecule has 0 unspecified atom stereocenters. The number of aliphatic hydroxyl groups excluding tert-OH is 1. The van der Waals surface area contributed by atoms with Gasteiger partial charge in [-0.15, -0.1) is 0 Å². The lowest BCUT2D eigenvalue weighted by Crippen LogP contribution is -2.30. The number of amides is 1. The highest BCUT2D eigenvalue weighted by molar-refractivity contribution is 6.08. The average Bonchev–Trinajstić information content (AvgIpc) is 3.32. The van der Waals surface area contributed by atoms with Gasteiger partial charge >= 0.3 is 0 Å². The standard InChI is InChI=1S/C24H26N6O2/c1-13-5-6-16-17(9-13)14(2)22-23-19(11-26-22)25-10-18(27-23)21-15(3)28-30(7-8-31)20(21)12-29(4)24(16)32/h5-6,9-10,14,31H,7-8,11-12H2,1-4H3/t14-/m1/s1. The highest BCUT2D eigenvalue weighted by Gasteiger charge is 2.31. The molecule has 164 valence electrons. The Morgan fingerprint density at radius 2 is 2.06 bits per heavy atom. The summed E-state index contributed by atoms with van der Waals surface area (Å²) < 4.78 is 1.77. The van der Waals surface area contributed by atoms with E-state index in [1.54, 1.807) is 22.8 Å². The summed E-state index contributed by atoms with van der Waals surface area (Å²) in [6.45, 7) is 7.17. The van der Waals surface area contributed by atoms with E-state index >= 15 is 0 Å². The Balaban J connectivity index is 1.79. The number of rotatable bonds is 2. The third-order valence-corrected chi connectivity index (χ3v) is 6.34. The van der Waals surface area contributed by atoms with Gasteiger partial charge in [-0.05, 0) is 25.5 Å². The number of nitrogens with zero attached hydrogens (tertiary/aromatic N) is 6. The minimum Gasteiger partial charge on any atom is -0.394 e. The van der Waals surface area contributed by atoms with Crippen LogP contribution in [0.3, 0.4) is 0 Å². The summed E-state index contributed by atoms with van der Waals surface area (Å²) in [5, 5.41) is 14.2. The summed E-state index contributed by atoms with van der Waals surface area (Å²) in [5.41, 5.74) is 8.41. The summed E-state index contributed by atoms with van der Waals surface area (Å²) in [4.78, 5) is 29.7. The SMILES string of the molecule is Cc1ccc2c(c1)[C@@H](C)C1=NCc3ncc(nc31)-c1c(C)nn(CCO)c1CN(C)C2=O. The predicted octanol–water partition coefficient (Wildman–Crippen LogP) is 2.64. The van der Waals surface area contributed by atoms with Gasteiger partial charge < -0.3 is 10.0 Å². The third-order valence-electron chi connectivity index (χ3n) is 6.34. The van der Waals surface area contributed by atoms with Gasteiger partial charge in [0.25, 0.3) is 5.91 Å². The molecule has 1 N–H and O–H groups in total. The van der Waals surface area contributed by atoms with Crippen LogP contribution < -0.4 is 0 Å². The maximum atomic E-state index is 13.6. The first-order chi connectivity index (χ1) is 15.4. The number of aliphatic imine (C=N–C) groups is 1. The second-order valence-corrected chi connectivity index (χ2v) is 8.58. The fourth-order valence-corrected chi connectivity index (χ4v) is 4.72. The van der Waals surface area contributed by atoms with Crippen LogP contribution in [0.1, 0.15) is 57.1 Å². The van der Waals surface area contributed by atoms with Crippen molar-refractivity contribution in [3.63, 3.8) is 0 Å². The van der Waals surface area contributed by atoms with Crippen molar-refractivity contribution in [1.29, 1.82) is 0 Å². The molecule has 0 saturated carbocycles. The summed E-state index contributed by atoms with van der Waals surface area (Å²) in [7, 11) is 1.80. The summed E-state index contributed by atoms with van der Waals surface area (Å²) in [5.74, 6) is -0.147. The monoisotopic (exact) mass is 430 g/mol. The highest BCUT2D eigenvalue weighted by Crippen LogP contribution is 2.34. The molecule has 0 saturated heterocycles. The zero-order valence-electron chi connectivity index (χ0n) is 18.8. The number of aryl methyl sites for hydroxylation is 2. The van der Waals surface area contributed by atoms with E-state index in [1.807, 2.05) is 26.0 Å². The van der Waals surface area contributed by atoms with Crippen LogP contribution in [0.2, 0.25) is 0 Å². The van der Waals surface area contributed by atoms with Crippen LogP contribution in [0.5, 0.6) is 0 Å².